The summed E-state index contributed by atoms with van der Waals surface area (Å²) in [7, 11) is 0. The molecule has 3 heteroatoms. The number of rotatable bonds is 6. The minimum atomic E-state index is 0.00770. The Balaban J connectivity index is 1.96. The first-order chi connectivity index (χ1) is 9.29. The average Bonchev–Trinajstić information content (AvgIpc) is 2.47. The van der Waals surface area contributed by atoms with Crippen LogP contribution in [0.25, 0.3) is 0 Å². The van der Waals surface area contributed by atoms with Crippen molar-refractivity contribution in [3.05, 3.63) is 59.8 Å². The molecule has 0 aliphatic heterocycles. The molecule has 0 bridgehead atoms. The van der Waals surface area contributed by atoms with Gasteiger partial charge in [0.15, 0.2) is 0 Å². The minimum absolute atomic E-state index is 0.00770. The first-order valence-electron chi connectivity index (χ1n) is 6.67. The molecule has 0 aliphatic carbocycles. The molecule has 1 aromatic carbocycles. The Morgan fingerprint density at radius 3 is 2.58 bits per heavy atom. The molecule has 19 heavy (non-hydrogen) atoms. The van der Waals surface area contributed by atoms with Crippen molar-refractivity contribution < 1.29 is 4.74 Å². The summed E-state index contributed by atoms with van der Waals surface area (Å²) in [6.07, 6.45) is 1.86. The van der Waals surface area contributed by atoms with Crippen LogP contribution in [0.1, 0.15) is 31.1 Å². The van der Waals surface area contributed by atoms with E-state index in [2.05, 4.69) is 29.4 Å². The Morgan fingerprint density at radius 2 is 1.95 bits per heavy atom. The highest BCUT2D eigenvalue weighted by Gasteiger charge is 2.07. The van der Waals surface area contributed by atoms with Crippen LogP contribution in [0.3, 0.4) is 0 Å². The maximum absolute atomic E-state index is 5.83. The lowest BCUT2D eigenvalue weighted by atomic mass is 10.1. The van der Waals surface area contributed by atoms with Crippen molar-refractivity contribution in [3.63, 3.8) is 0 Å². The van der Waals surface area contributed by atoms with Gasteiger partial charge in [0.1, 0.15) is 6.10 Å². The second-order valence-corrected chi connectivity index (χ2v) is 4.46. The summed E-state index contributed by atoms with van der Waals surface area (Å²) in [4.78, 5) is 4.33. The predicted molar refractivity (Wildman–Crippen MR) is 77.1 cm³/mol. The van der Waals surface area contributed by atoms with Gasteiger partial charge in [0.2, 0.25) is 5.88 Å². The van der Waals surface area contributed by atoms with E-state index < -0.39 is 0 Å². The third-order valence-electron chi connectivity index (χ3n) is 2.94. The Morgan fingerprint density at radius 1 is 1.16 bits per heavy atom. The van der Waals surface area contributed by atoms with E-state index >= 15 is 0 Å². The zero-order chi connectivity index (χ0) is 13.5. The highest BCUT2D eigenvalue weighted by Crippen LogP contribution is 2.19. The van der Waals surface area contributed by atoms with Crippen molar-refractivity contribution in [2.75, 3.05) is 6.54 Å². The monoisotopic (exact) mass is 256 g/mol. The second kappa shape index (κ2) is 6.90. The van der Waals surface area contributed by atoms with Crippen LogP contribution in [-0.4, -0.2) is 11.5 Å². The molecule has 1 aromatic heterocycles. The average molecular weight is 256 g/mol. The molecule has 3 nitrogen and oxygen atoms in total. The molecule has 0 aliphatic rings. The molecule has 2 rings (SSSR count). The lowest BCUT2D eigenvalue weighted by molar-refractivity contribution is 0.217. The van der Waals surface area contributed by atoms with Gasteiger partial charge in [-0.2, -0.15) is 0 Å². The molecule has 0 saturated carbocycles. The molecule has 0 amide bonds. The van der Waals surface area contributed by atoms with Crippen LogP contribution >= 0.6 is 0 Å². The largest absolute Gasteiger partial charge is 0.470 e. The van der Waals surface area contributed by atoms with Crippen molar-refractivity contribution in [1.29, 1.82) is 0 Å². The Hall–Kier alpha value is -1.87. The Labute approximate surface area is 114 Å². The van der Waals surface area contributed by atoms with Crippen LogP contribution in [0.15, 0.2) is 48.7 Å². The molecular weight excluding hydrogens is 236 g/mol. The summed E-state index contributed by atoms with van der Waals surface area (Å²) < 4.78 is 5.83. The normalized spacial score (nSPS) is 12.1. The molecule has 0 saturated heterocycles. The van der Waals surface area contributed by atoms with E-state index in [0.717, 1.165) is 18.7 Å². The molecule has 0 fully saturated rings. The van der Waals surface area contributed by atoms with Gasteiger partial charge >= 0.3 is 0 Å². The van der Waals surface area contributed by atoms with Gasteiger partial charge in [-0.05, 0) is 24.6 Å². The van der Waals surface area contributed by atoms with Gasteiger partial charge in [0.05, 0.1) is 0 Å². The molecule has 1 N–H and O–H groups in total. The van der Waals surface area contributed by atoms with Crippen molar-refractivity contribution in [2.45, 2.75) is 26.5 Å². The maximum atomic E-state index is 5.83. The second-order valence-electron chi connectivity index (χ2n) is 4.46. The molecule has 100 valence electrons. The first kappa shape index (κ1) is 13.6. The topological polar surface area (TPSA) is 34.1 Å². The van der Waals surface area contributed by atoms with Crippen LogP contribution in [0.2, 0.25) is 0 Å². The highest BCUT2D eigenvalue weighted by atomic mass is 16.5. The van der Waals surface area contributed by atoms with E-state index in [1.54, 1.807) is 0 Å². The third kappa shape index (κ3) is 4.07. The van der Waals surface area contributed by atoms with Crippen LogP contribution in [0.5, 0.6) is 5.88 Å². The van der Waals surface area contributed by atoms with E-state index in [9.17, 15) is 0 Å². The number of hydrogen-bond acceptors (Lipinski definition) is 3. The molecule has 0 spiro atoms. The van der Waals surface area contributed by atoms with Gasteiger partial charge in [0.25, 0.3) is 0 Å². The van der Waals surface area contributed by atoms with Crippen LogP contribution < -0.4 is 10.1 Å². The highest BCUT2D eigenvalue weighted by molar-refractivity contribution is 5.21. The van der Waals surface area contributed by atoms with Crippen molar-refractivity contribution >= 4 is 0 Å². The van der Waals surface area contributed by atoms with Gasteiger partial charge in [-0.25, -0.2) is 4.98 Å². The van der Waals surface area contributed by atoms with E-state index in [1.807, 2.05) is 43.5 Å². The molecule has 1 atom stereocenters. The van der Waals surface area contributed by atoms with Gasteiger partial charge < -0.3 is 10.1 Å². The van der Waals surface area contributed by atoms with Crippen molar-refractivity contribution in [1.82, 2.24) is 10.3 Å². The number of nitrogens with zero attached hydrogens (tertiary/aromatic N) is 1. The Kier molecular flexibility index (Phi) is 4.93. The number of pyridine rings is 1. The lowest BCUT2D eigenvalue weighted by Gasteiger charge is -2.14. The first-order valence-corrected chi connectivity index (χ1v) is 6.67. The standard InChI is InChI=1S/C16H20N2O/c1-3-17-11-14-9-10-16(18-12-14)19-13(2)15-7-5-4-6-8-15/h4-10,12-13,17H,3,11H2,1-2H3. The number of ether oxygens (including phenoxy) is 1. The maximum Gasteiger partial charge on any atom is 0.213 e. The molecule has 0 radical (unpaired) electrons. The molecule has 2 aromatic rings. The zero-order valence-electron chi connectivity index (χ0n) is 11.5. The smallest absolute Gasteiger partial charge is 0.213 e. The number of aromatic nitrogens is 1. The summed E-state index contributed by atoms with van der Waals surface area (Å²) in [5.74, 6) is 0.664. The third-order valence-corrected chi connectivity index (χ3v) is 2.94. The summed E-state index contributed by atoms with van der Waals surface area (Å²) >= 11 is 0. The van der Waals surface area contributed by atoms with Gasteiger partial charge in [-0.1, -0.05) is 43.3 Å². The molecule has 1 unspecified atom stereocenters. The number of nitrogens with one attached hydrogen (secondary N) is 1. The fourth-order valence-electron chi connectivity index (χ4n) is 1.83. The fraction of sp³-hybridized carbons (Fsp3) is 0.312. The lowest BCUT2D eigenvalue weighted by Crippen LogP contribution is -2.12. The quantitative estimate of drug-likeness (QED) is 0.860. The van der Waals surface area contributed by atoms with Gasteiger partial charge in [-0.15, -0.1) is 0 Å². The predicted octanol–water partition coefficient (Wildman–Crippen LogP) is 3.33. The summed E-state index contributed by atoms with van der Waals surface area (Å²) in [6.45, 7) is 5.93. The minimum Gasteiger partial charge on any atom is -0.470 e. The summed E-state index contributed by atoms with van der Waals surface area (Å²) in [5.41, 5.74) is 2.32. The van der Waals surface area contributed by atoms with Gasteiger partial charge in [-0.3, -0.25) is 0 Å². The SMILES string of the molecule is CCNCc1ccc(OC(C)c2ccccc2)nc1. The summed E-state index contributed by atoms with van der Waals surface area (Å²) in [5, 5.41) is 3.27. The van der Waals surface area contributed by atoms with E-state index in [-0.39, 0.29) is 6.10 Å². The van der Waals surface area contributed by atoms with Gasteiger partial charge in [0, 0.05) is 18.8 Å². The number of benzene rings is 1. The van der Waals surface area contributed by atoms with E-state index in [1.165, 1.54) is 5.56 Å². The van der Waals surface area contributed by atoms with Crippen molar-refractivity contribution in [3.8, 4) is 5.88 Å². The molecule has 1 heterocycles. The van der Waals surface area contributed by atoms with E-state index in [4.69, 9.17) is 4.74 Å². The van der Waals surface area contributed by atoms with E-state index in [0.29, 0.717) is 5.88 Å². The van der Waals surface area contributed by atoms with Crippen LogP contribution in [0, 0.1) is 0 Å². The number of hydrogen-bond donors (Lipinski definition) is 1. The Bertz CT molecular complexity index is 482. The van der Waals surface area contributed by atoms with Crippen LogP contribution in [-0.2, 0) is 6.54 Å². The summed E-state index contributed by atoms with van der Waals surface area (Å²) in [6, 6.07) is 14.1. The van der Waals surface area contributed by atoms with Crippen molar-refractivity contribution in [2.24, 2.45) is 0 Å². The van der Waals surface area contributed by atoms with Crippen LogP contribution in [0.4, 0.5) is 0 Å². The zero-order valence-corrected chi connectivity index (χ0v) is 11.5. The molecular formula is C16H20N2O. The fourth-order valence-corrected chi connectivity index (χ4v) is 1.83.